The van der Waals surface area contributed by atoms with Crippen LogP contribution in [0.5, 0.6) is 0 Å². The second kappa shape index (κ2) is 3.06. The minimum atomic E-state index is 0.799. The molecule has 0 bridgehead atoms. The van der Waals surface area contributed by atoms with E-state index >= 15 is 0 Å². The molecule has 10 heavy (non-hydrogen) atoms. The Hall–Kier alpha value is -0.500. The minimum absolute atomic E-state index is 0.799. The Morgan fingerprint density at radius 3 is 2.90 bits per heavy atom. The zero-order chi connectivity index (χ0) is 7.56. The molecule has 0 aromatic carbocycles. The van der Waals surface area contributed by atoms with Gasteiger partial charge in [0.25, 0.3) is 0 Å². The normalized spacial score (nSPS) is 9.80. The molecule has 0 saturated heterocycles. The molecule has 0 fully saturated rings. The lowest BCUT2D eigenvalue weighted by atomic mass is 10.1. The van der Waals surface area contributed by atoms with E-state index in [0.29, 0.717) is 0 Å². The van der Waals surface area contributed by atoms with Gasteiger partial charge in [-0.3, -0.25) is 0 Å². The Balaban J connectivity index is 2.93. The molecule has 1 heterocycles. The van der Waals surface area contributed by atoms with Crippen LogP contribution in [0.3, 0.4) is 0 Å². The van der Waals surface area contributed by atoms with Crippen molar-refractivity contribution in [2.45, 2.75) is 6.92 Å². The predicted octanol–water partition coefficient (Wildman–Crippen LogP) is 3.00. The smallest absolute Gasteiger partial charge is 0.108 e. The summed E-state index contributed by atoms with van der Waals surface area (Å²) in [6.07, 6.45) is 1.68. The van der Waals surface area contributed by atoms with E-state index < -0.39 is 0 Å². The fraction of sp³-hybridized carbons (Fsp3) is 0.250. The quantitative estimate of drug-likeness (QED) is 0.670. The monoisotopic (exact) mass is 200 g/mol. The largest absolute Gasteiger partial charge is 0.469 e. The summed E-state index contributed by atoms with van der Waals surface area (Å²) < 4.78 is 5.11. The van der Waals surface area contributed by atoms with E-state index in [4.69, 9.17) is 4.42 Å². The second-order valence-corrected chi connectivity index (χ2v) is 2.69. The van der Waals surface area contributed by atoms with E-state index in [-0.39, 0.29) is 0 Å². The average molecular weight is 201 g/mol. The molecule has 1 nitrogen and oxygen atoms in total. The molecule has 0 unspecified atom stereocenters. The second-order valence-electron chi connectivity index (χ2n) is 2.13. The van der Waals surface area contributed by atoms with Crippen LogP contribution >= 0.6 is 15.9 Å². The van der Waals surface area contributed by atoms with Gasteiger partial charge in [0.1, 0.15) is 5.76 Å². The molecule has 0 aliphatic heterocycles. The zero-order valence-corrected chi connectivity index (χ0v) is 7.44. The highest BCUT2D eigenvalue weighted by atomic mass is 79.9. The lowest BCUT2D eigenvalue weighted by Gasteiger charge is -1.96. The maximum absolute atomic E-state index is 5.11. The van der Waals surface area contributed by atoms with Crippen molar-refractivity contribution in [2.75, 3.05) is 5.33 Å². The van der Waals surface area contributed by atoms with Crippen molar-refractivity contribution in [3.8, 4) is 0 Å². The van der Waals surface area contributed by atoms with E-state index in [1.165, 1.54) is 0 Å². The lowest BCUT2D eigenvalue weighted by molar-refractivity contribution is 0.533. The van der Waals surface area contributed by atoms with Crippen LogP contribution in [-0.2, 0) is 0 Å². The predicted molar refractivity (Wildman–Crippen MR) is 46.3 cm³/mol. The third-order valence-corrected chi connectivity index (χ3v) is 2.08. The van der Waals surface area contributed by atoms with Crippen LogP contribution in [0, 0.1) is 6.92 Å². The van der Waals surface area contributed by atoms with E-state index in [1.54, 1.807) is 6.26 Å². The van der Waals surface area contributed by atoms with Gasteiger partial charge in [-0.05, 0) is 18.6 Å². The fourth-order valence-electron chi connectivity index (χ4n) is 0.824. The number of allylic oxidation sites excluding steroid dienone is 1. The van der Waals surface area contributed by atoms with E-state index in [9.17, 15) is 0 Å². The van der Waals surface area contributed by atoms with Crippen molar-refractivity contribution in [1.82, 2.24) is 0 Å². The highest BCUT2D eigenvalue weighted by Gasteiger charge is 2.02. The molecular formula is C8H9BrO. The summed E-state index contributed by atoms with van der Waals surface area (Å²) in [7, 11) is 0. The number of aryl methyl sites for hydroxylation is 1. The maximum atomic E-state index is 5.11. The summed E-state index contributed by atoms with van der Waals surface area (Å²) in [5, 5.41) is 0.799. The molecule has 0 amide bonds. The van der Waals surface area contributed by atoms with Crippen molar-refractivity contribution in [2.24, 2.45) is 0 Å². The van der Waals surface area contributed by atoms with Crippen LogP contribution in [0.4, 0.5) is 0 Å². The van der Waals surface area contributed by atoms with Crippen molar-refractivity contribution >= 4 is 21.5 Å². The van der Waals surface area contributed by atoms with Crippen LogP contribution in [0.2, 0.25) is 0 Å². The van der Waals surface area contributed by atoms with Crippen molar-refractivity contribution in [3.63, 3.8) is 0 Å². The van der Waals surface area contributed by atoms with Gasteiger partial charge in [0, 0.05) is 10.9 Å². The first-order valence-electron chi connectivity index (χ1n) is 3.04. The third-order valence-electron chi connectivity index (χ3n) is 1.40. The van der Waals surface area contributed by atoms with Gasteiger partial charge in [0.2, 0.25) is 0 Å². The van der Waals surface area contributed by atoms with Crippen molar-refractivity contribution in [3.05, 3.63) is 30.2 Å². The Kier molecular flexibility index (Phi) is 2.33. The molecule has 0 spiro atoms. The number of alkyl halides is 1. The SMILES string of the molecule is C=C(CBr)c1ccoc1C. The van der Waals surface area contributed by atoms with Crippen LogP contribution < -0.4 is 0 Å². The van der Waals surface area contributed by atoms with Crippen LogP contribution in [0.1, 0.15) is 11.3 Å². The lowest BCUT2D eigenvalue weighted by Crippen LogP contribution is -1.81. The van der Waals surface area contributed by atoms with Crippen molar-refractivity contribution < 1.29 is 4.42 Å². The Bertz CT molecular complexity index is 237. The van der Waals surface area contributed by atoms with Gasteiger partial charge >= 0.3 is 0 Å². The topological polar surface area (TPSA) is 13.1 Å². The number of hydrogen-bond acceptors (Lipinski definition) is 1. The molecule has 1 rings (SSSR count). The summed E-state index contributed by atoms with van der Waals surface area (Å²) >= 11 is 3.33. The average Bonchev–Trinajstić information content (AvgIpc) is 2.34. The molecule has 1 aromatic rings. The molecule has 2 heteroatoms. The first-order valence-corrected chi connectivity index (χ1v) is 4.16. The van der Waals surface area contributed by atoms with Gasteiger partial charge in [-0.2, -0.15) is 0 Å². The highest BCUT2D eigenvalue weighted by molar-refractivity contribution is 9.09. The highest BCUT2D eigenvalue weighted by Crippen LogP contribution is 2.19. The summed E-state index contributed by atoms with van der Waals surface area (Å²) in [6.45, 7) is 5.80. The molecule has 0 N–H and O–H groups in total. The number of rotatable bonds is 2. The number of hydrogen-bond donors (Lipinski definition) is 0. The van der Waals surface area contributed by atoms with Crippen LogP contribution in [0.25, 0.3) is 5.57 Å². The number of furan rings is 1. The fourth-order valence-corrected chi connectivity index (χ4v) is 1.13. The van der Waals surface area contributed by atoms with Gasteiger partial charge in [-0.1, -0.05) is 22.5 Å². The van der Waals surface area contributed by atoms with Gasteiger partial charge in [-0.15, -0.1) is 0 Å². The summed E-state index contributed by atoms with van der Waals surface area (Å²) in [4.78, 5) is 0. The van der Waals surface area contributed by atoms with E-state index in [2.05, 4.69) is 22.5 Å². The molecule has 0 atom stereocenters. The third kappa shape index (κ3) is 1.32. The number of halogens is 1. The molecule has 0 radical (unpaired) electrons. The van der Waals surface area contributed by atoms with Gasteiger partial charge in [-0.25, -0.2) is 0 Å². The summed E-state index contributed by atoms with van der Waals surface area (Å²) in [5.74, 6) is 0.935. The zero-order valence-electron chi connectivity index (χ0n) is 5.86. The Labute approximate surface area is 68.9 Å². The minimum Gasteiger partial charge on any atom is -0.469 e. The van der Waals surface area contributed by atoms with E-state index in [1.807, 2.05) is 13.0 Å². The molecule has 0 aliphatic rings. The summed E-state index contributed by atoms with van der Waals surface area (Å²) in [5.41, 5.74) is 2.17. The van der Waals surface area contributed by atoms with E-state index in [0.717, 1.165) is 22.2 Å². The molecule has 1 aromatic heterocycles. The van der Waals surface area contributed by atoms with Crippen LogP contribution in [0.15, 0.2) is 23.3 Å². The molecule has 0 saturated carbocycles. The molecule has 54 valence electrons. The van der Waals surface area contributed by atoms with Crippen LogP contribution in [-0.4, -0.2) is 5.33 Å². The maximum Gasteiger partial charge on any atom is 0.108 e. The molecule has 0 aliphatic carbocycles. The Morgan fingerprint density at radius 1 is 1.80 bits per heavy atom. The van der Waals surface area contributed by atoms with Crippen molar-refractivity contribution in [1.29, 1.82) is 0 Å². The van der Waals surface area contributed by atoms with Gasteiger partial charge in [0.15, 0.2) is 0 Å². The molecular weight excluding hydrogens is 192 g/mol. The first kappa shape index (κ1) is 7.61. The van der Waals surface area contributed by atoms with Gasteiger partial charge in [0.05, 0.1) is 6.26 Å². The summed E-state index contributed by atoms with van der Waals surface area (Å²) in [6, 6.07) is 1.93. The first-order chi connectivity index (χ1) is 4.75. The standard InChI is InChI=1S/C8H9BrO/c1-6(5-9)8-3-4-10-7(8)2/h3-4H,1,5H2,2H3. The van der Waals surface area contributed by atoms with Gasteiger partial charge < -0.3 is 4.42 Å². The Morgan fingerprint density at radius 2 is 2.50 bits per heavy atom.